The van der Waals surface area contributed by atoms with Crippen LogP contribution < -0.4 is 10.0 Å². The van der Waals surface area contributed by atoms with Crippen LogP contribution in [-0.4, -0.2) is 56.0 Å². The van der Waals surface area contributed by atoms with Gasteiger partial charge in [0.1, 0.15) is 0 Å². The molecule has 1 atom stereocenters. The fourth-order valence-electron chi connectivity index (χ4n) is 2.28. The quantitative estimate of drug-likeness (QED) is 0.580. The van der Waals surface area contributed by atoms with Gasteiger partial charge in [0.25, 0.3) is 10.2 Å². The number of piperidine rings is 1. The first-order chi connectivity index (χ1) is 8.97. The molecular weight excluding hydrogens is 270 g/mol. The number of nitrogens with one attached hydrogen (secondary N) is 2. The lowest BCUT2D eigenvalue weighted by molar-refractivity contribution is -0.136. The molecule has 2 rings (SSSR count). The Morgan fingerprint density at radius 3 is 2.68 bits per heavy atom. The van der Waals surface area contributed by atoms with Gasteiger partial charge in [-0.3, -0.25) is 4.79 Å². The predicted octanol–water partition coefficient (Wildman–Crippen LogP) is -0.631. The van der Waals surface area contributed by atoms with Crippen LogP contribution in [0.2, 0.25) is 0 Å². The van der Waals surface area contributed by atoms with Gasteiger partial charge in [0.15, 0.2) is 0 Å². The molecule has 1 saturated heterocycles. The van der Waals surface area contributed by atoms with Crippen molar-refractivity contribution >= 4 is 16.2 Å². The topological polar surface area (TPSA) is 98.7 Å². The van der Waals surface area contributed by atoms with Crippen LogP contribution in [0.1, 0.15) is 25.7 Å². The minimum atomic E-state index is -3.36. The molecule has 0 bridgehead atoms. The highest BCUT2D eigenvalue weighted by atomic mass is 32.2. The van der Waals surface area contributed by atoms with Crippen molar-refractivity contribution in [1.29, 1.82) is 0 Å². The minimum absolute atomic E-state index is 0.0798. The molecule has 2 fully saturated rings. The minimum Gasteiger partial charge on any atom is -0.480 e. The van der Waals surface area contributed by atoms with Crippen molar-refractivity contribution in [1.82, 2.24) is 14.3 Å². The molecule has 0 aromatic rings. The molecule has 1 heterocycles. The summed E-state index contributed by atoms with van der Waals surface area (Å²) in [5.74, 6) is -0.709. The number of carboxylic acids is 1. The van der Waals surface area contributed by atoms with Crippen LogP contribution in [0.4, 0.5) is 0 Å². The number of carboxylic acid groups (broad SMARTS) is 1. The maximum atomic E-state index is 12.1. The first-order valence-corrected chi connectivity index (χ1v) is 8.11. The third-order valence-corrected chi connectivity index (χ3v) is 5.07. The summed E-state index contributed by atoms with van der Waals surface area (Å²) in [4.78, 5) is 10.4. The lowest BCUT2D eigenvalue weighted by Crippen LogP contribution is -2.48. The van der Waals surface area contributed by atoms with E-state index in [9.17, 15) is 13.2 Å². The zero-order chi connectivity index (χ0) is 13.9. The first-order valence-electron chi connectivity index (χ1n) is 6.67. The Hall–Kier alpha value is -0.700. The van der Waals surface area contributed by atoms with Crippen LogP contribution >= 0.6 is 0 Å². The second-order valence-corrected chi connectivity index (χ2v) is 6.99. The normalized spacial score (nSPS) is 25.4. The van der Waals surface area contributed by atoms with E-state index in [1.165, 1.54) is 4.31 Å². The average Bonchev–Trinajstić information content (AvgIpc) is 3.12. The molecule has 1 aliphatic carbocycles. The van der Waals surface area contributed by atoms with Gasteiger partial charge in [-0.05, 0) is 38.1 Å². The fraction of sp³-hybridized carbons (Fsp3) is 0.909. The highest BCUT2D eigenvalue weighted by molar-refractivity contribution is 7.87. The summed E-state index contributed by atoms with van der Waals surface area (Å²) in [6.07, 6.45) is 3.61. The molecule has 1 unspecified atom stereocenters. The molecule has 0 aromatic heterocycles. The van der Waals surface area contributed by atoms with Crippen molar-refractivity contribution < 1.29 is 18.3 Å². The van der Waals surface area contributed by atoms with Crippen LogP contribution in [0.5, 0.6) is 0 Å². The van der Waals surface area contributed by atoms with E-state index in [-0.39, 0.29) is 18.5 Å². The molecule has 7 nitrogen and oxygen atoms in total. The van der Waals surface area contributed by atoms with E-state index in [1.807, 2.05) is 0 Å². The summed E-state index contributed by atoms with van der Waals surface area (Å²) in [7, 11) is -3.36. The summed E-state index contributed by atoms with van der Waals surface area (Å²) in [6, 6.07) is 0.121. The molecule has 1 saturated carbocycles. The standard InChI is InChI=1S/C11H21N3O4S/c15-11(16)7-12-6-9-2-1-5-14(8-9)19(17,18)13-10-3-4-10/h9-10,12-13H,1-8H2,(H,15,16). The molecule has 0 aromatic carbocycles. The van der Waals surface area contributed by atoms with Gasteiger partial charge in [-0.15, -0.1) is 0 Å². The van der Waals surface area contributed by atoms with Gasteiger partial charge in [-0.1, -0.05) is 0 Å². The second kappa shape index (κ2) is 6.17. The van der Waals surface area contributed by atoms with E-state index in [4.69, 9.17) is 5.11 Å². The summed E-state index contributed by atoms with van der Waals surface area (Å²) in [5.41, 5.74) is 0. The smallest absolute Gasteiger partial charge is 0.317 e. The predicted molar refractivity (Wildman–Crippen MR) is 69.9 cm³/mol. The van der Waals surface area contributed by atoms with Crippen molar-refractivity contribution in [2.24, 2.45) is 5.92 Å². The van der Waals surface area contributed by atoms with E-state index < -0.39 is 16.2 Å². The van der Waals surface area contributed by atoms with E-state index >= 15 is 0 Å². The molecule has 110 valence electrons. The lowest BCUT2D eigenvalue weighted by Gasteiger charge is -2.32. The van der Waals surface area contributed by atoms with Crippen LogP contribution in [0.25, 0.3) is 0 Å². The Kier molecular flexibility index (Phi) is 4.77. The van der Waals surface area contributed by atoms with Crippen LogP contribution in [0, 0.1) is 5.92 Å². The van der Waals surface area contributed by atoms with Crippen LogP contribution in [-0.2, 0) is 15.0 Å². The molecule has 1 aliphatic heterocycles. The van der Waals surface area contributed by atoms with E-state index in [2.05, 4.69) is 10.0 Å². The van der Waals surface area contributed by atoms with Gasteiger partial charge in [-0.25, -0.2) is 0 Å². The molecule has 0 radical (unpaired) electrons. The SMILES string of the molecule is O=C(O)CNCC1CCCN(S(=O)(=O)NC2CC2)C1. The lowest BCUT2D eigenvalue weighted by atomic mass is 10.00. The van der Waals surface area contributed by atoms with Gasteiger partial charge in [-0.2, -0.15) is 17.4 Å². The summed E-state index contributed by atoms with van der Waals surface area (Å²) in [6.45, 7) is 1.48. The number of carbonyl (C=O) groups is 1. The van der Waals surface area contributed by atoms with Gasteiger partial charge < -0.3 is 10.4 Å². The van der Waals surface area contributed by atoms with E-state index in [0.717, 1.165) is 25.7 Å². The Balaban J connectivity index is 1.80. The summed E-state index contributed by atoms with van der Waals surface area (Å²) >= 11 is 0. The molecule has 19 heavy (non-hydrogen) atoms. The van der Waals surface area contributed by atoms with Crippen molar-refractivity contribution in [2.75, 3.05) is 26.2 Å². The van der Waals surface area contributed by atoms with E-state index in [1.54, 1.807) is 0 Å². The monoisotopic (exact) mass is 291 g/mol. The highest BCUT2D eigenvalue weighted by Gasteiger charge is 2.33. The van der Waals surface area contributed by atoms with Crippen molar-refractivity contribution in [2.45, 2.75) is 31.7 Å². The Morgan fingerprint density at radius 2 is 2.05 bits per heavy atom. The maximum absolute atomic E-state index is 12.1. The molecule has 8 heteroatoms. The summed E-state index contributed by atoms with van der Waals surface area (Å²) in [5, 5.41) is 11.4. The van der Waals surface area contributed by atoms with Crippen molar-refractivity contribution in [3.05, 3.63) is 0 Å². The Morgan fingerprint density at radius 1 is 1.32 bits per heavy atom. The van der Waals surface area contributed by atoms with Gasteiger partial charge in [0, 0.05) is 19.1 Å². The Labute approximate surface area is 113 Å². The van der Waals surface area contributed by atoms with Crippen molar-refractivity contribution in [3.8, 4) is 0 Å². The number of hydrogen-bond donors (Lipinski definition) is 3. The highest BCUT2D eigenvalue weighted by Crippen LogP contribution is 2.23. The van der Waals surface area contributed by atoms with Crippen molar-refractivity contribution in [3.63, 3.8) is 0 Å². The van der Waals surface area contributed by atoms with E-state index in [0.29, 0.717) is 19.6 Å². The molecule has 3 N–H and O–H groups in total. The third-order valence-electron chi connectivity index (χ3n) is 3.42. The maximum Gasteiger partial charge on any atom is 0.317 e. The zero-order valence-corrected chi connectivity index (χ0v) is 11.7. The number of nitrogens with zero attached hydrogens (tertiary/aromatic N) is 1. The fourth-order valence-corrected chi connectivity index (χ4v) is 3.86. The van der Waals surface area contributed by atoms with Crippen LogP contribution in [0.15, 0.2) is 0 Å². The molecular formula is C11H21N3O4S. The second-order valence-electron chi connectivity index (χ2n) is 5.29. The number of hydrogen-bond acceptors (Lipinski definition) is 4. The largest absolute Gasteiger partial charge is 0.480 e. The van der Waals surface area contributed by atoms with Gasteiger partial charge in [0.2, 0.25) is 0 Å². The Bertz CT molecular complexity index is 422. The molecule has 0 amide bonds. The molecule has 0 spiro atoms. The van der Waals surface area contributed by atoms with Gasteiger partial charge in [0.05, 0.1) is 6.54 Å². The number of rotatable bonds is 7. The van der Waals surface area contributed by atoms with Crippen LogP contribution in [0.3, 0.4) is 0 Å². The van der Waals surface area contributed by atoms with Gasteiger partial charge >= 0.3 is 5.97 Å². The molecule has 2 aliphatic rings. The average molecular weight is 291 g/mol. The third kappa shape index (κ3) is 4.72. The zero-order valence-electron chi connectivity index (χ0n) is 10.8. The summed E-state index contributed by atoms with van der Waals surface area (Å²) < 4.78 is 28.3. The number of aliphatic carboxylic acids is 1. The first kappa shape index (κ1) is 14.7.